The lowest BCUT2D eigenvalue weighted by atomic mass is 9.64. The van der Waals surface area contributed by atoms with Gasteiger partial charge in [0.25, 0.3) is 0 Å². The molecule has 1 aliphatic carbocycles. The number of aromatic hydroxyl groups is 1. The van der Waals surface area contributed by atoms with Gasteiger partial charge in [-0.1, -0.05) is 26.7 Å². The highest BCUT2D eigenvalue weighted by Gasteiger charge is 2.46. The van der Waals surface area contributed by atoms with Gasteiger partial charge in [0.2, 0.25) is 0 Å². The molecule has 1 saturated carbocycles. The molecule has 1 fully saturated rings. The lowest BCUT2D eigenvalue weighted by molar-refractivity contribution is -0.0145. The van der Waals surface area contributed by atoms with Crippen molar-refractivity contribution < 1.29 is 9.84 Å². The van der Waals surface area contributed by atoms with E-state index in [-0.39, 0.29) is 5.60 Å². The van der Waals surface area contributed by atoms with Crippen LogP contribution in [0.4, 0.5) is 0 Å². The zero-order chi connectivity index (χ0) is 15.2. The second-order valence-electron chi connectivity index (χ2n) is 7.61. The Kier molecular flexibility index (Phi) is 3.67. The van der Waals surface area contributed by atoms with Gasteiger partial charge in [-0.05, 0) is 62.6 Å². The molecule has 116 valence electrons. The SMILES string of the molecule is CCCc1cc(O)c2c(c1)OC(C)(C)[C@@H]1CC[C@@H](C)C[C@@H]21. The molecule has 1 aromatic rings. The van der Waals surface area contributed by atoms with Crippen LogP contribution in [0.25, 0.3) is 0 Å². The van der Waals surface area contributed by atoms with Gasteiger partial charge in [-0.15, -0.1) is 0 Å². The molecule has 0 radical (unpaired) electrons. The third-order valence-corrected chi connectivity index (χ3v) is 5.47. The zero-order valence-electron chi connectivity index (χ0n) is 13.8. The summed E-state index contributed by atoms with van der Waals surface area (Å²) in [4.78, 5) is 0. The molecular weight excluding hydrogens is 260 g/mol. The molecule has 0 aromatic heterocycles. The van der Waals surface area contributed by atoms with Crippen molar-refractivity contribution in [3.63, 3.8) is 0 Å². The van der Waals surface area contributed by atoms with Gasteiger partial charge in [0.05, 0.1) is 0 Å². The fourth-order valence-electron chi connectivity index (χ4n) is 4.45. The molecule has 1 aromatic carbocycles. The maximum atomic E-state index is 10.6. The smallest absolute Gasteiger partial charge is 0.127 e. The lowest BCUT2D eigenvalue weighted by Gasteiger charge is -2.48. The molecule has 2 nitrogen and oxygen atoms in total. The lowest BCUT2D eigenvalue weighted by Crippen LogP contribution is -2.46. The predicted molar refractivity (Wildman–Crippen MR) is 86.1 cm³/mol. The van der Waals surface area contributed by atoms with Crippen LogP contribution in [-0.2, 0) is 6.42 Å². The summed E-state index contributed by atoms with van der Waals surface area (Å²) in [5.41, 5.74) is 2.13. The maximum Gasteiger partial charge on any atom is 0.127 e. The van der Waals surface area contributed by atoms with Crippen molar-refractivity contribution in [2.45, 2.75) is 71.3 Å². The van der Waals surface area contributed by atoms with Crippen LogP contribution < -0.4 is 4.74 Å². The summed E-state index contributed by atoms with van der Waals surface area (Å²) >= 11 is 0. The van der Waals surface area contributed by atoms with E-state index in [1.54, 1.807) is 0 Å². The highest BCUT2D eigenvalue weighted by molar-refractivity contribution is 5.52. The summed E-state index contributed by atoms with van der Waals surface area (Å²) in [6.45, 7) is 8.93. The van der Waals surface area contributed by atoms with Crippen molar-refractivity contribution in [2.75, 3.05) is 0 Å². The monoisotopic (exact) mass is 288 g/mol. The molecule has 0 bridgehead atoms. The molecule has 0 amide bonds. The zero-order valence-corrected chi connectivity index (χ0v) is 13.8. The summed E-state index contributed by atoms with van der Waals surface area (Å²) in [6, 6.07) is 4.12. The Hall–Kier alpha value is -1.18. The average Bonchev–Trinajstić information content (AvgIpc) is 2.37. The first-order valence-electron chi connectivity index (χ1n) is 8.47. The minimum absolute atomic E-state index is 0.130. The van der Waals surface area contributed by atoms with Crippen molar-refractivity contribution in [1.29, 1.82) is 0 Å². The molecule has 0 saturated heterocycles. The van der Waals surface area contributed by atoms with Crippen LogP contribution in [0.1, 0.15) is 70.4 Å². The van der Waals surface area contributed by atoms with Gasteiger partial charge in [0.1, 0.15) is 17.1 Å². The molecule has 3 atom stereocenters. The van der Waals surface area contributed by atoms with Crippen molar-refractivity contribution >= 4 is 0 Å². The minimum Gasteiger partial charge on any atom is -0.508 e. The van der Waals surface area contributed by atoms with Gasteiger partial charge in [0, 0.05) is 11.5 Å². The van der Waals surface area contributed by atoms with E-state index in [4.69, 9.17) is 4.74 Å². The Morgan fingerprint density at radius 1 is 1.29 bits per heavy atom. The fraction of sp³-hybridized carbons (Fsp3) is 0.684. The normalized spacial score (nSPS) is 30.2. The summed E-state index contributed by atoms with van der Waals surface area (Å²) in [6.07, 6.45) is 5.73. The van der Waals surface area contributed by atoms with Crippen LogP contribution in [0.2, 0.25) is 0 Å². The first kappa shape index (κ1) is 14.7. The first-order valence-corrected chi connectivity index (χ1v) is 8.47. The maximum absolute atomic E-state index is 10.6. The number of phenolic OH excluding ortho intramolecular Hbond substituents is 1. The first-order chi connectivity index (χ1) is 9.92. The Morgan fingerprint density at radius 3 is 2.76 bits per heavy atom. The van der Waals surface area contributed by atoms with E-state index < -0.39 is 0 Å². The third kappa shape index (κ3) is 2.54. The van der Waals surface area contributed by atoms with Crippen LogP contribution in [0, 0.1) is 11.8 Å². The van der Waals surface area contributed by atoms with Crippen molar-refractivity contribution in [1.82, 2.24) is 0 Å². The molecule has 1 aliphatic heterocycles. The highest BCUT2D eigenvalue weighted by Crippen LogP contribution is 2.55. The standard InChI is InChI=1S/C19H28O2/c1-5-6-13-10-16(20)18-14-9-12(2)7-8-15(14)19(3,4)21-17(18)11-13/h10-12,14-15,20H,5-9H2,1-4H3/t12-,14-,15-/m1/s1. The van der Waals surface area contributed by atoms with Gasteiger partial charge in [0.15, 0.2) is 0 Å². The number of aryl methyl sites for hydroxylation is 1. The number of ether oxygens (including phenoxy) is 1. The van der Waals surface area contributed by atoms with Gasteiger partial charge < -0.3 is 9.84 Å². The second kappa shape index (κ2) is 5.23. The summed E-state index contributed by atoms with van der Waals surface area (Å²) < 4.78 is 6.33. The fourth-order valence-corrected chi connectivity index (χ4v) is 4.45. The molecule has 2 heteroatoms. The van der Waals surface area contributed by atoms with Crippen LogP contribution >= 0.6 is 0 Å². The molecule has 3 rings (SSSR count). The van der Waals surface area contributed by atoms with Crippen molar-refractivity contribution in [3.8, 4) is 11.5 Å². The van der Waals surface area contributed by atoms with E-state index in [1.807, 2.05) is 6.07 Å². The molecule has 21 heavy (non-hydrogen) atoms. The predicted octanol–water partition coefficient (Wildman–Crippen LogP) is 5.04. The van der Waals surface area contributed by atoms with E-state index in [2.05, 4.69) is 33.8 Å². The van der Waals surface area contributed by atoms with Gasteiger partial charge in [-0.2, -0.15) is 0 Å². The van der Waals surface area contributed by atoms with E-state index >= 15 is 0 Å². The number of hydrogen-bond acceptors (Lipinski definition) is 2. The topological polar surface area (TPSA) is 29.5 Å². The van der Waals surface area contributed by atoms with E-state index in [0.29, 0.717) is 17.6 Å². The van der Waals surface area contributed by atoms with Crippen LogP contribution in [0.15, 0.2) is 12.1 Å². The Morgan fingerprint density at radius 2 is 2.05 bits per heavy atom. The Balaban J connectivity index is 2.07. The van der Waals surface area contributed by atoms with E-state index in [1.165, 1.54) is 24.8 Å². The molecule has 1 heterocycles. The molecule has 2 aliphatic rings. The number of hydrogen-bond donors (Lipinski definition) is 1. The van der Waals surface area contributed by atoms with Crippen molar-refractivity contribution in [3.05, 3.63) is 23.3 Å². The molecular formula is C19H28O2. The Bertz CT molecular complexity index is 533. The number of rotatable bonds is 2. The van der Waals surface area contributed by atoms with E-state index in [0.717, 1.165) is 30.1 Å². The molecule has 0 unspecified atom stereocenters. The van der Waals surface area contributed by atoms with Gasteiger partial charge >= 0.3 is 0 Å². The molecule has 1 N–H and O–H groups in total. The quantitative estimate of drug-likeness (QED) is 0.826. The van der Waals surface area contributed by atoms with Crippen LogP contribution in [0.3, 0.4) is 0 Å². The number of phenols is 1. The molecule has 0 spiro atoms. The Labute approximate surface area is 128 Å². The summed E-state index contributed by atoms with van der Waals surface area (Å²) in [5, 5.41) is 10.6. The average molecular weight is 288 g/mol. The second-order valence-corrected chi connectivity index (χ2v) is 7.61. The number of fused-ring (bicyclic) bond motifs is 3. The summed E-state index contributed by atoms with van der Waals surface area (Å²) in [7, 11) is 0. The summed E-state index contributed by atoms with van der Waals surface area (Å²) in [5.74, 6) is 3.09. The van der Waals surface area contributed by atoms with Gasteiger partial charge in [-0.3, -0.25) is 0 Å². The van der Waals surface area contributed by atoms with Crippen LogP contribution in [0.5, 0.6) is 11.5 Å². The third-order valence-electron chi connectivity index (χ3n) is 5.47. The highest BCUT2D eigenvalue weighted by atomic mass is 16.5. The number of benzene rings is 1. The largest absolute Gasteiger partial charge is 0.508 e. The van der Waals surface area contributed by atoms with Gasteiger partial charge in [-0.25, -0.2) is 0 Å². The van der Waals surface area contributed by atoms with E-state index in [9.17, 15) is 5.11 Å². The van der Waals surface area contributed by atoms with Crippen LogP contribution in [-0.4, -0.2) is 10.7 Å². The van der Waals surface area contributed by atoms with Crippen molar-refractivity contribution in [2.24, 2.45) is 11.8 Å². The minimum atomic E-state index is -0.130.